The van der Waals surface area contributed by atoms with Crippen LogP contribution in [-0.2, 0) is 30.5 Å². The monoisotopic (exact) mass is 803 g/mol. The molecule has 230 valence electrons. The molecule has 1 fully saturated rings. The quantitative estimate of drug-likeness (QED) is 0.124. The van der Waals surface area contributed by atoms with Crippen molar-refractivity contribution in [3.8, 4) is 0 Å². The van der Waals surface area contributed by atoms with Crippen LogP contribution in [0.4, 0.5) is 10.5 Å². The molecule has 1 saturated carbocycles. The van der Waals surface area contributed by atoms with Crippen molar-refractivity contribution >= 4 is 35.9 Å². The third-order valence-corrected chi connectivity index (χ3v) is 6.19. The molecule has 1 aromatic rings. The summed E-state index contributed by atoms with van der Waals surface area (Å²) < 4.78 is 5.50. The first-order chi connectivity index (χ1) is 18.7. The fourth-order valence-corrected chi connectivity index (χ4v) is 3.98. The summed E-state index contributed by atoms with van der Waals surface area (Å²) in [5.41, 5.74) is 6.14. The van der Waals surface area contributed by atoms with Crippen LogP contribution in [-0.4, -0.2) is 49.4 Å². The number of primary amides is 1. The van der Waals surface area contributed by atoms with Gasteiger partial charge in [0, 0.05) is 12.2 Å². The van der Waals surface area contributed by atoms with Crippen LogP contribution < -0.4 is 27.0 Å². The van der Waals surface area contributed by atoms with Gasteiger partial charge in [-0.05, 0) is 42.9 Å². The van der Waals surface area contributed by atoms with E-state index >= 15 is 0 Å². The number of carbonyl (C=O) groups is 4. The molecule has 0 aromatic heterocycles. The van der Waals surface area contributed by atoms with Gasteiger partial charge in [0.25, 0.3) is 0 Å². The largest absolute Gasteiger partial charge is 0.520 e. The van der Waals surface area contributed by atoms with Crippen molar-refractivity contribution in [1.29, 1.82) is 0 Å². The van der Waals surface area contributed by atoms with Crippen LogP contribution in [0.2, 0.25) is 0 Å². The number of urea groups is 1. The predicted molar refractivity (Wildman–Crippen MR) is 149 cm³/mol. The molecule has 1 aromatic carbocycles. The molecule has 11 nitrogen and oxygen atoms in total. The average Bonchev–Trinajstić information content (AvgIpc) is 2.88. The second-order valence-corrected chi connectivity index (χ2v) is 9.87. The van der Waals surface area contributed by atoms with Gasteiger partial charge in [0.05, 0.1) is 18.5 Å². The number of nitrogens with one attached hydrogen (secondary N) is 4. The standard InChI is InChI=1S/C24H34N3O5.C4H10N2O.Fm/c1-17(2)22(26-16-28)23(30)25-14-21(29)27-20-12-10-18(11-13-20)15-32-24(31)19-8-6-4-3-5-7-9-19;1-2-3-6-4(5)7;/h10-13,17,19,22H,3-9,14-15H2,1-2H3,(H,25,30)(H,26,28)(H,27,29);2-3H2,1H3,(H3,5,6,7);/q-1;;. The molecule has 6 N–H and O–H groups in total. The average molecular weight is 804 g/mol. The van der Waals surface area contributed by atoms with E-state index in [2.05, 4.69) is 21.3 Å². The molecule has 0 aliphatic heterocycles. The van der Waals surface area contributed by atoms with Crippen molar-refractivity contribution in [2.45, 2.75) is 84.8 Å². The third-order valence-electron chi connectivity index (χ3n) is 6.19. The van der Waals surface area contributed by atoms with Gasteiger partial charge in [0.1, 0.15) is 6.61 Å². The zero-order valence-corrected chi connectivity index (χ0v) is 26.0. The molecular weight excluding hydrogens is 759 g/mol. The van der Waals surface area contributed by atoms with Crippen LogP contribution in [0.1, 0.15) is 77.7 Å². The SMILES string of the molecule is CC(C)C(N[C-]=O)C(=O)NCC(=O)Nc1ccc(COC(=O)C2CCCCCCC2)cc1.CCCNC(N)=O.[Fm]. The van der Waals surface area contributed by atoms with E-state index in [1.54, 1.807) is 38.1 Å². The minimum Gasteiger partial charge on any atom is -0.520 e. The van der Waals surface area contributed by atoms with Crippen LogP contribution >= 0.6 is 0 Å². The van der Waals surface area contributed by atoms with E-state index in [1.165, 1.54) is 25.7 Å². The molecule has 1 atom stereocenters. The third kappa shape index (κ3) is 14.9. The van der Waals surface area contributed by atoms with Crippen LogP contribution in [0.5, 0.6) is 0 Å². The number of ether oxygens (including phenoxy) is 1. The maximum Gasteiger partial charge on any atom is 0.312 e. The Hall–Kier alpha value is -4.63. The molecule has 1 aliphatic carbocycles. The van der Waals surface area contributed by atoms with E-state index in [1.807, 2.05) is 6.92 Å². The number of esters is 1. The first kappa shape index (κ1) is 35.4. The Kier molecular flexibility index (Phi) is 18.0. The van der Waals surface area contributed by atoms with E-state index in [0.29, 0.717) is 12.2 Å². The number of hydrogen-bond acceptors (Lipinski definition) is 6. The van der Waals surface area contributed by atoms with Gasteiger partial charge in [-0.3, -0.25) is 14.4 Å². The Labute approximate surface area is 231 Å². The summed E-state index contributed by atoms with van der Waals surface area (Å²) in [6, 6.07) is 5.83. The van der Waals surface area contributed by atoms with Gasteiger partial charge in [-0.2, -0.15) is 6.41 Å². The maximum absolute atomic E-state index is 12.4. The summed E-state index contributed by atoms with van der Waals surface area (Å²) in [5.74, 6) is -1.09. The molecule has 12 heteroatoms. The number of anilines is 1. The van der Waals surface area contributed by atoms with Crippen LogP contribution in [0.3, 0.4) is 0 Å². The molecule has 0 spiro atoms. The summed E-state index contributed by atoms with van der Waals surface area (Å²) in [6.45, 7) is 6.20. The first-order valence-electron chi connectivity index (χ1n) is 13.7. The number of benzene rings is 1. The molecule has 40 heavy (non-hydrogen) atoms. The molecular formula is C28H44FmN5O6-. The Balaban J connectivity index is 0.00000168. The zero-order valence-electron chi connectivity index (χ0n) is 23.6. The number of amides is 5. The molecule has 0 bridgehead atoms. The summed E-state index contributed by atoms with van der Waals surface area (Å²) in [5, 5.41) is 9.95. The van der Waals surface area contributed by atoms with Gasteiger partial charge in [-0.15, -0.1) is 0 Å². The van der Waals surface area contributed by atoms with Gasteiger partial charge in [-0.1, -0.05) is 65.0 Å². The van der Waals surface area contributed by atoms with Gasteiger partial charge < -0.3 is 36.5 Å². The Morgan fingerprint density at radius 1 is 1.00 bits per heavy atom. The van der Waals surface area contributed by atoms with Crippen molar-refractivity contribution in [2.24, 2.45) is 17.6 Å². The number of rotatable bonds is 12. The van der Waals surface area contributed by atoms with Gasteiger partial charge in [0.2, 0.25) is 11.8 Å². The Morgan fingerprint density at radius 2 is 1.60 bits per heavy atom. The topological polar surface area (TPSA) is 169 Å². The number of nitrogens with two attached hydrogens (primary N) is 1. The van der Waals surface area contributed by atoms with Crippen molar-refractivity contribution in [3.05, 3.63) is 29.8 Å². The molecule has 5 amide bonds. The smallest absolute Gasteiger partial charge is 0.312 e. The summed E-state index contributed by atoms with van der Waals surface area (Å²) >= 11 is 0. The normalized spacial score (nSPS) is 14.0. The van der Waals surface area contributed by atoms with E-state index in [-0.39, 0.29) is 36.9 Å². The van der Waals surface area contributed by atoms with Gasteiger partial charge >= 0.3 is 12.0 Å². The van der Waals surface area contributed by atoms with Crippen molar-refractivity contribution in [1.82, 2.24) is 16.0 Å². The summed E-state index contributed by atoms with van der Waals surface area (Å²) in [6.07, 6.45) is 10.0. The van der Waals surface area contributed by atoms with E-state index in [9.17, 15) is 24.0 Å². The predicted octanol–water partition coefficient (Wildman–Crippen LogP) is 2.89. The second kappa shape index (κ2) is 20.3. The summed E-state index contributed by atoms with van der Waals surface area (Å²) in [7, 11) is 0. The van der Waals surface area contributed by atoms with Crippen molar-refractivity contribution in [2.75, 3.05) is 18.4 Å². The minimum atomic E-state index is -0.746. The fourth-order valence-electron chi connectivity index (χ4n) is 3.98. The minimum absolute atomic E-state index is 0. The Morgan fingerprint density at radius 3 is 2.10 bits per heavy atom. The van der Waals surface area contributed by atoms with Crippen LogP contribution in [0.15, 0.2) is 24.3 Å². The van der Waals surface area contributed by atoms with Crippen LogP contribution in [0, 0.1) is 11.8 Å². The molecule has 0 radical (unpaired) electrons. The Bertz CT molecular complexity index is 905. The maximum atomic E-state index is 12.4. The number of carbonyl (C=O) groups excluding carboxylic acids is 5. The molecule has 1 unspecified atom stereocenters. The molecule has 0 heterocycles. The fraction of sp³-hybridized carbons (Fsp3) is 0.607. The van der Waals surface area contributed by atoms with Crippen molar-refractivity contribution < 1.29 is 28.7 Å². The summed E-state index contributed by atoms with van der Waals surface area (Å²) in [4.78, 5) is 56.9. The number of hydrogen-bond donors (Lipinski definition) is 5. The van der Waals surface area contributed by atoms with Gasteiger partial charge in [-0.25, -0.2) is 4.79 Å². The van der Waals surface area contributed by atoms with E-state index < -0.39 is 18.0 Å². The second-order valence-electron chi connectivity index (χ2n) is 9.87. The van der Waals surface area contributed by atoms with Crippen LogP contribution in [0.25, 0.3) is 0 Å². The molecule has 2 rings (SSSR count). The zero-order chi connectivity index (χ0) is 29.0. The molecule has 1 aliphatic rings. The van der Waals surface area contributed by atoms with E-state index in [0.717, 1.165) is 37.7 Å². The first-order valence-corrected chi connectivity index (χ1v) is 13.7. The molecule has 0 saturated heterocycles. The van der Waals surface area contributed by atoms with Gasteiger partial charge in [0.15, 0.2) is 0 Å². The van der Waals surface area contributed by atoms with Crippen molar-refractivity contribution in [3.63, 3.8) is 0 Å². The van der Waals surface area contributed by atoms with E-state index in [4.69, 9.17) is 10.5 Å².